The third-order valence-corrected chi connectivity index (χ3v) is 21.3. The molecule has 5 heteroatoms. The van der Waals surface area contributed by atoms with Gasteiger partial charge in [0.15, 0.2) is 8.07 Å². The summed E-state index contributed by atoms with van der Waals surface area (Å²) in [4.78, 5) is 10.2. The van der Waals surface area contributed by atoms with Crippen molar-refractivity contribution in [2.75, 3.05) is 11.6 Å². The number of para-hydroxylation sites is 1. The summed E-state index contributed by atoms with van der Waals surface area (Å²) in [6, 6.07) is 74.9. The van der Waals surface area contributed by atoms with Gasteiger partial charge in [0, 0.05) is 62.9 Å². The van der Waals surface area contributed by atoms with E-state index in [4.69, 9.17) is 4.98 Å². The first-order valence-corrected chi connectivity index (χ1v) is 29.2. The van der Waals surface area contributed by atoms with Crippen LogP contribution in [0.1, 0.15) is 92.3 Å². The highest BCUT2D eigenvalue weighted by molar-refractivity contribution is 7.20. The number of rotatable bonds is 11. The quantitative estimate of drug-likeness (QED) is 0.0953. The van der Waals surface area contributed by atoms with Gasteiger partial charge in [-0.25, -0.2) is 4.98 Å². The first kappa shape index (κ1) is 50.4. The Morgan fingerprint density at radius 1 is 0.447 bits per heavy atom. The van der Waals surface area contributed by atoms with Gasteiger partial charge in [-0.15, -0.1) is 0 Å². The normalized spacial score (nSPS) is 14.9. The van der Waals surface area contributed by atoms with Crippen LogP contribution in [0.15, 0.2) is 253 Å². The summed E-state index contributed by atoms with van der Waals surface area (Å²) in [5.41, 5.74) is 12.0. The van der Waals surface area contributed by atoms with E-state index in [2.05, 4.69) is 308 Å². The molecule has 0 unspecified atom stereocenters. The Morgan fingerprint density at radius 2 is 1.00 bits per heavy atom. The first-order valence-electron chi connectivity index (χ1n) is 27.2. The van der Waals surface area contributed by atoms with Gasteiger partial charge in [0.05, 0.1) is 17.7 Å². The van der Waals surface area contributed by atoms with Gasteiger partial charge in [0.1, 0.15) is 5.82 Å². The maximum atomic E-state index is 5.10. The lowest BCUT2D eigenvalue weighted by Gasteiger charge is -2.36. The summed E-state index contributed by atoms with van der Waals surface area (Å²) in [6.45, 7) is 24.1. The molecule has 0 amide bonds. The summed E-state index contributed by atoms with van der Waals surface area (Å²) in [6.07, 6.45) is 12.7. The largest absolute Gasteiger partial charge is 0.331 e. The van der Waals surface area contributed by atoms with E-state index in [-0.39, 0.29) is 21.7 Å². The number of pyridine rings is 1. The minimum Gasteiger partial charge on any atom is -0.331 e. The van der Waals surface area contributed by atoms with Crippen molar-refractivity contribution in [2.24, 2.45) is 5.41 Å². The molecule has 0 N–H and O–H groups in total. The van der Waals surface area contributed by atoms with Gasteiger partial charge in [-0.2, -0.15) is 0 Å². The van der Waals surface area contributed by atoms with Crippen molar-refractivity contribution in [3.63, 3.8) is 0 Å². The molecule has 2 aliphatic rings. The van der Waals surface area contributed by atoms with Crippen LogP contribution in [0, 0.1) is 5.41 Å². The van der Waals surface area contributed by atoms with Crippen molar-refractivity contribution in [1.29, 1.82) is 0 Å². The topological polar surface area (TPSA) is 24.3 Å². The fraction of sp³-hybridized carbons (Fsp3) is 0.225. The Hall–Kier alpha value is -7.73. The Labute approximate surface area is 453 Å². The summed E-state index contributed by atoms with van der Waals surface area (Å²) in [5, 5.41) is 7.79. The van der Waals surface area contributed by atoms with Crippen LogP contribution in [0.2, 0.25) is 0 Å². The predicted molar refractivity (Wildman–Crippen MR) is 325 cm³/mol. The van der Waals surface area contributed by atoms with E-state index in [1.807, 2.05) is 6.20 Å². The lowest BCUT2D eigenvalue weighted by atomic mass is 9.73. The third kappa shape index (κ3) is 8.98. The molecule has 380 valence electrons. The minimum absolute atomic E-state index is 0.0318. The average molecular weight is 1010 g/mol. The lowest BCUT2D eigenvalue weighted by molar-refractivity contribution is 0.480. The van der Waals surface area contributed by atoms with E-state index >= 15 is 0 Å². The molecule has 1 aliphatic heterocycles. The molecule has 0 saturated heterocycles. The molecule has 7 aromatic carbocycles. The second-order valence-electron chi connectivity index (χ2n) is 24.2. The fourth-order valence-electron chi connectivity index (χ4n) is 12.0. The number of aromatic nitrogens is 2. The molecule has 0 fully saturated rings. The Bertz CT molecular complexity index is 3670. The Morgan fingerprint density at radius 3 is 1.62 bits per heavy atom. The van der Waals surface area contributed by atoms with Crippen molar-refractivity contribution in [2.45, 2.75) is 91.9 Å². The van der Waals surface area contributed by atoms with Crippen molar-refractivity contribution < 1.29 is 0 Å². The molecule has 1 aliphatic carbocycles. The second kappa shape index (κ2) is 19.4. The van der Waals surface area contributed by atoms with E-state index in [0.29, 0.717) is 6.67 Å². The van der Waals surface area contributed by atoms with E-state index in [1.165, 1.54) is 76.4 Å². The molecule has 2 aromatic heterocycles. The SMILES string of the molecule is CC(C)(C)C1=CN(C2=CC(C(C)(C)c3ccccc3)=CC(C(C)(C)c3ccccc3)=CC2)CN1c1cccc([Si](c2ccccc2)(c2ccccc2)c2ccc3c4ccccc4n(-c4cc(C(C)(C)C)ccn4)c3c2)c1. The zero-order chi connectivity index (χ0) is 53.0. The van der Waals surface area contributed by atoms with E-state index < -0.39 is 8.07 Å². The number of hydrogen-bond donors (Lipinski definition) is 0. The summed E-state index contributed by atoms with van der Waals surface area (Å²) in [7, 11) is -3.07. The summed E-state index contributed by atoms with van der Waals surface area (Å²) >= 11 is 0. The first-order chi connectivity index (χ1) is 36.5. The Balaban J connectivity index is 1.07. The second-order valence-corrected chi connectivity index (χ2v) is 28.0. The minimum atomic E-state index is -3.07. The van der Waals surface area contributed by atoms with Gasteiger partial charge >= 0.3 is 0 Å². The van der Waals surface area contributed by atoms with Gasteiger partial charge < -0.3 is 9.80 Å². The molecule has 3 heterocycles. The van der Waals surface area contributed by atoms with Gasteiger partial charge in [0.25, 0.3) is 0 Å². The van der Waals surface area contributed by atoms with Crippen LogP contribution in [0.4, 0.5) is 5.69 Å². The van der Waals surface area contributed by atoms with E-state index in [0.717, 1.165) is 23.3 Å². The van der Waals surface area contributed by atoms with Crippen LogP contribution in [0.5, 0.6) is 0 Å². The molecule has 0 bridgehead atoms. The Kier molecular flexibility index (Phi) is 12.9. The highest BCUT2D eigenvalue weighted by atomic mass is 28.3. The van der Waals surface area contributed by atoms with Gasteiger partial charge in [-0.1, -0.05) is 245 Å². The number of hydrogen-bond acceptors (Lipinski definition) is 3. The maximum absolute atomic E-state index is 5.10. The zero-order valence-corrected chi connectivity index (χ0v) is 47.1. The van der Waals surface area contributed by atoms with Gasteiger partial charge in [-0.05, 0) is 96.5 Å². The zero-order valence-electron chi connectivity index (χ0n) is 46.1. The van der Waals surface area contributed by atoms with Crippen molar-refractivity contribution in [1.82, 2.24) is 14.5 Å². The molecule has 0 atom stereocenters. The number of benzene rings is 7. The number of nitrogens with zero attached hydrogens (tertiary/aromatic N) is 4. The number of fused-ring (bicyclic) bond motifs is 3. The maximum Gasteiger partial charge on any atom is 0.179 e. The predicted octanol–water partition coefficient (Wildman–Crippen LogP) is 14.9. The lowest BCUT2D eigenvalue weighted by Crippen LogP contribution is -2.74. The molecule has 11 rings (SSSR count). The van der Waals surface area contributed by atoms with Crippen LogP contribution >= 0.6 is 0 Å². The molecule has 0 spiro atoms. The molecule has 4 nitrogen and oxygen atoms in total. The summed E-state index contributed by atoms with van der Waals surface area (Å²) < 4.78 is 2.40. The van der Waals surface area contributed by atoms with Crippen LogP contribution in [-0.4, -0.2) is 29.2 Å². The highest BCUT2D eigenvalue weighted by Crippen LogP contribution is 2.44. The van der Waals surface area contributed by atoms with Crippen molar-refractivity contribution in [3.05, 3.63) is 270 Å². The smallest absolute Gasteiger partial charge is 0.179 e. The molecular weight excluding hydrogens is 937 g/mol. The van der Waals surface area contributed by atoms with Gasteiger partial charge in [-0.3, -0.25) is 4.57 Å². The molecule has 0 radical (unpaired) electrons. The van der Waals surface area contributed by atoms with Crippen LogP contribution in [0.25, 0.3) is 27.6 Å². The molecular formula is C71H72N4Si. The highest BCUT2D eigenvalue weighted by Gasteiger charge is 2.43. The van der Waals surface area contributed by atoms with E-state index in [9.17, 15) is 0 Å². The number of anilines is 1. The van der Waals surface area contributed by atoms with Crippen molar-refractivity contribution >= 4 is 56.3 Å². The fourth-order valence-corrected chi connectivity index (χ4v) is 16.8. The number of allylic oxidation sites excluding steroid dienone is 6. The van der Waals surface area contributed by atoms with Crippen LogP contribution < -0.4 is 25.6 Å². The van der Waals surface area contributed by atoms with Crippen molar-refractivity contribution in [3.8, 4) is 5.82 Å². The standard InChI is InChI=1S/C71H72N4Si/c1-68(2,3)53-42-43-72-67(46-53)75-64-37-24-23-36-62(64)63-41-40-61(48-65(63)75)76(58-31-19-13-20-32-58,59-33-21-14-22-34-59)60-35-25-30-57(47-60)74-50-73(49-66(74)69(4,5)6)56-39-38-54(70(7,8)51-26-15-11-16-27-51)44-55(45-56)71(9,10)52-28-17-12-18-29-52/h11-38,40-49H,39,50H2,1-10H3. The van der Waals surface area contributed by atoms with Crippen LogP contribution in [0.3, 0.4) is 0 Å². The monoisotopic (exact) mass is 1010 g/mol. The molecule has 9 aromatic rings. The third-order valence-electron chi connectivity index (χ3n) is 16.6. The molecule has 0 saturated carbocycles. The average Bonchev–Trinajstić information content (AvgIpc) is 3.97. The van der Waals surface area contributed by atoms with Crippen LogP contribution in [-0.2, 0) is 16.2 Å². The van der Waals surface area contributed by atoms with Gasteiger partial charge in [0.2, 0.25) is 0 Å². The summed E-state index contributed by atoms with van der Waals surface area (Å²) in [5.74, 6) is 0.936. The van der Waals surface area contributed by atoms with E-state index in [1.54, 1.807) is 0 Å². The molecule has 76 heavy (non-hydrogen) atoms.